The molecule has 5 heteroatoms. The highest BCUT2D eigenvalue weighted by Gasteiger charge is 2.50. The number of hydrogen-bond donors (Lipinski definition) is 2. The van der Waals surface area contributed by atoms with Crippen molar-refractivity contribution in [2.75, 3.05) is 32.8 Å². The van der Waals surface area contributed by atoms with Crippen LogP contribution in [0.15, 0.2) is 16.6 Å². The zero-order valence-corrected chi connectivity index (χ0v) is 15.5. The Morgan fingerprint density at radius 2 is 1.76 bits per heavy atom. The van der Waals surface area contributed by atoms with Gasteiger partial charge in [-0.1, -0.05) is 6.08 Å². The topological polar surface area (TPSA) is 60.7 Å². The van der Waals surface area contributed by atoms with Crippen molar-refractivity contribution < 1.29 is 4.74 Å². The maximum atomic E-state index is 8.15. The van der Waals surface area contributed by atoms with E-state index in [1.165, 1.54) is 44.1 Å². The van der Waals surface area contributed by atoms with Crippen LogP contribution in [0.3, 0.4) is 0 Å². The van der Waals surface area contributed by atoms with Gasteiger partial charge in [-0.15, -0.1) is 0 Å². The Labute approximate surface area is 151 Å². The van der Waals surface area contributed by atoms with E-state index in [1.807, 2.05) is 11.1 Å². The van der Waals surface area contributed by atoms with Gasteiger partial charge in [-0.3, -0.25) is 5.41 Å². The molecule has 2 N–H and O–H groups in total. The summed E-state index contributed by atoms with van der Waals surface area (Å²) < 4.78 is 5.34. The normalized spacial score (nSPS) is 37.9. The Bertz CT molecular complexity index is 527. The zero-order valence-electron chi connectivity index (χ0n) is 15.5. The lowest BCUT2D eigenvalue weighted by molar-refractivity contribution is -0.0180. The maximum absolute atomic E-state index is 8.15. The van der Waals surface area contributed by atoms with E-state index in [-0.39, 0.29) is 0 Å². The van der Waals surface area contributed by atoms with Crippen LogP contribution in [0.4, 0.5) is 0 Å². The van der Waals surface area contributed by atoms with Crippen LogP contribution in [0, 0.1) is 23.2 Å². The second-order valence-electron chi connectivity index (χ2n) is 8.60. The minimum atomic E-state index is 0.359. The summed E-state index contributed by atoms with van der Waals surface area (Å²) in [5, 5.41) is 12.1. The summed E-state index contributed by atoms with van der Waals surface area (Å²) in [4.78, 5) is 6.39. The van der Waals surface area contributed by atoms with Crippen LogP contribution in [-0.2, 0) is 4.74 Å². The van der Waals surface area contributed by atoms with Crippen molar-refractivity contribution in [3.05, 3.63) is 11.6 Å². The van der Waals surface area contributed by atoms with E-state index in [4.69, 9.17) is 10.1 Å². The summed E-state index contributed by atoms with van der Waals surface area (Å²) in [6.45, 7) is 5.88. The van der Waals surface area contributed by atoms with Crippen LogP contribution in [0.25, 0.3) is 0 Å². The van der Waals surface area contributed by atoms with E-state index in [2.05, 4.69) is 23.3 Å². The zero-order chi connectivity index (χ0) is 17.3. The van der Waals surface area contributed by atoms with Gasteiger partial charge < -0.3 is 15.0 Å². The van der Waals surface area contributed by atoms with E-state index >= 15 is 0 Å². The Balaban J connectivity index is 1.32. The molecule has 1 saturated heterocycles. The third-order valence-electron chi connectivity index (χ3n) is 6.74. The predicted octanol–water partition coefficient (Wildman–Crippen LogP) is 2.83. The van der Waals surface area contributed by atoms with Crippen LogP contribution in [-0.4, -0.2) is 55.5 Å². The van der Waals surface area contributed by atoms with E-state index in [1.54, 1.807) is 0 Å². The van der Waals surface area contributed by atoms with Crippen LogP contribution in [0.1, 0.15) is 45.4 Å². The Morgan fingerprint density at radius 3 is 2.32 bits per heavy atom. The van der Waals surface area contributed by atoms with Gasteiger partial charge in [0.15, 0.2) is 0 Å². The third kappa shape index (κ3) is 3.82. The van der Waals surface area contributed by atoms with Gasteiger partial charge in [0.1, 0.15) is 0 Å². The molecular weight excluding hydrogens is 312 g/mol. The summed E-state index contributed by atoms with van der Waals surface area (Å²) in [7, 11) is 0. The lowest BCUT2D eigenvalue weighted by Gasteiger charge is -2.57. The Hall–Kier alpha value is -1.20. The number of rotatable bonds is 4. The number of guanidine groups is 1. The largest absolute Gasteiger partial charge is 0.378 e. The van der Waals surface area contributed by atoms with E-state index < -0.39 is 0 Å². The van der Waals surface area contributed by atoms with Crippen molar-refractivity contribution in [3.8, 4) is 0 Å². The number of aliphatic imine (C=N–C) groups is 1. The average molecular weight is 345 g/mol. The van der Waals surface area contributed by atoms with Gasteiger partial charge in [-0.05, 0) is 68.8 Å². The van der Waals surface area contributed by atoms with Crippen LogP contribution >= 0.6 is 0 Å². The molecular formula is C20H32N4O. The van der Waals surface area contributed by atoms with Crippen molar-refractivity contribution in [1.29, 1.82) is 5.41 Å². The molecule has 5 nitrogen and oxygen atoms in total. The molecule has 0 aromatic rings. The quantitative estimate of drug-likeness (QED) is 0.609. The fraction of sp³-hybridized carbons (Fsp3) is 0.800. The van der Waals surface area contributed by atoms with Gasteiger partial charge in [0.2, 0.25) is 5.96 Å². The molecule has 25 heavy (non-hydrogen) atoms. The molecule has 138 valence electrons. The standard InChI is InChI=1S/C20H32N4O/c1-2-15(13-22-19(21)24-3-5-25-6-4-24)14-23-20-10-16-7-17(11-20)9-18(8-16)12-20/h2,13,16-18,21,23H,3-12,14H2,1H3/b15-2+,21-19?,22-13-. The molecule has 0 aromatic carbocycles. The van der Waals surface area contributed by atoms with Gasteiger partial charge in [-0.2, -0.15) is 0 Å². The number of nitrogens with zero attached hydrogens (tertiary/aromatic N) is 2. The van der Waals surface area contributed by atoms with Crippen molar-refractivity contribution in [3.63, 3.8) is 0 Å². The van der Waals surface area contributed by atoms with Crippen molar-refractivity contribution in [1.82, 2.24) is 10.2 Å². The first-order valence-electron chi connectivity index (χ1n) is 10.0. The lowest BCUT2D eigenvalue weighted by atomic mass is 9.53. The smallest absolute Gasteiger partial charge is 0.217 e. The summed E-state index contributed by atoms with van der Waals surface area (Å²) in [5.41, 5.74) is 1.57. The monoisotopic (exact) mass is 344 g/mol. The lowest BCUT2D eigenvalue weighted by Crippen LogP contribution is -2.58. The minimum Gasteiger partial charge on any atom is -0.378 e. The molecule has 4 saturated carbocycles. The Morgan fingerprint density at radius 1 is 1.16 bits per heavy atom. The minimum absolute atomic E-state index is 0.359. The van der Waals surface area contributed by atoms with E-state index in [0.717, 1.165) is 37.4 Å². The molecule has 5 aliphatic rings. The fourth-order valence-corrected chi connectivity index (χ4v) is 5.84. The van der Waals surface area contributed by atoms with Crippen LogP contribution in [0.2, 0.25) is 0 Å². The molecule has 1 aliphatic heterocycles. The highest BCUT2D eigenvalue weighted by Crippen LogP contribution is 2.55. The molecule has 4 bridgehead atoms. The third-order valence-corrected chi connectivity index (χ3v) is 6.74. The molecule has 0 unspecified atom stereocenters. The molecule has 5 fully saturated rings. The summed E-state index contributed by atoms with van der Waals surface area (Å²) in [6.07, 6.45) is 12.6. The average Bonchev–Trinajstić information content (AvgIpc) is 2.61. The summed E-state index contributed by atoms with van der Waals surface area (Å²) >= 11 is 0. The highest BCUT2D eigenvalue weighted by molar-refractivity contribution is 5.92. The number of allylic oxidation sites excluding steroid dienone is 1. The molecule has 4 aliphatic carbocycles. The second-order valence-corrected chi connectivity index (χ2v) is 8.60. The van der Waals surface area contributed by atoms with Crippen LogP contribution in [0.5, 0.6) is 0 Å². The highest BCUT2D eigenvalue weighted by atomic mass is 16.5. The van der Waals surface area contributed by atoms with Gasteiger partial charge in [0, 0.05) is 31.4 Å². The van der Waals surface area contributed by atoms with Gasteiger partial charge in [0.25, 0.3) is 0 Å². The molecule has 0 atom stereocenters. The molecule has 5 rings (SSSR count). The van der Waals surface area contributed by atoms with Crippen molar-refractivity contribution in [2.45, 2.75) is 51.0 Å². The Kier molecular flexibility index (Phi) is 4.96. The number of hydrogen-bond acceptors (Lipinski definition) is 3. The predicted molar refractivity (Wildman–Crippen MR) is 101 cm³/mol. The number of nitrogens with one attached hydrogen (secondary N) is 2. The second kappa shape index (κ2) is 7.20. The first-order chi connectivity index (χ1) is 12.2. The molecule has 0 spiro atoms. The molecule has 0 aromatic heterocycles. The van der Waals surface area contributed by atoms with Crippen molar-refractivity contribution >= 4 is 12.2 Å². The first-order valence-corrected chi connectivity index (χ1v) is 10.0. The first kappa shape index (κ1) is 17.2. The number of morpholine rings is 1. The summed E-state index contributed by atoms with van der Waals surface area (Å²) in [5.74, 6) is 3.26. The van der Waals surface area contributed by atoms with Gasteiger partial charge >= 0.3 is 0 Å². The molecule has 0 radical (unpaired) electrons. The summed E-state index contributed by atoms with van der Waals surface area (Å²) in [6, 6.07) is 0. The fourth-order valence-electron chi connectivity index (χ4n) is 5.84. The van der Waals surface area contributed by atoms with E-state index in [9.17, 15) is 0 Å². The number of ether oxygens (including phenoxy) is 1. The van der Waals surface area contributed by atoms with E-state index in [0.29, 0.717) is 24.7 Å². The van der Waals surface area contributed by atoms with Gasteiger partial charge in [0.05, 0.1) is 13.2 Å². The maximum Gasteiger partial charge on any atom is 0.217 e. The molecule has 0 amide bonds. The SMILES string of the molecule is C/C=C(\C=N/C(=N)N1CCOCC1)CNC12CC3CC(CC(C3)C1)C2. The van der Waals surface area contributed by atoms with Crippen molar-refractivity contribution in [2.24, 2.45) is 22.7 Å². The van der Waals surface area contributed by atoms with Crippen LogP contribution < -0.4 is 5.32 Å². The molecule has 1 heterocycles. The van der Waals surface area contributed by atoms with Gasteiger partial charge in [-0.25, -0.2) is 4.99 Å².